The smallest absolute Gasteiger partial charge is 0.211 e. The van der Waals surface area contributed by atoms with Crippen molar-refractivity contribution in [1.82, 2.24) is 4.90 Å². The first-order valence-electron chi connectivity index (χ1n) is 2.09. The molecule has 0 aromatic carbocycles. The van der Waals surface area contributed by atoms with Gasteiger partial charge in [0.15, 0.2) is 6.73 Å². The van der Waals surface area contributed by atoms with Crippen LogP contribution in [-0.2, 0) is 9.53 Å². The van der Waals surface area contributed by atoms with E-state index in [2.05, 4.69) is 0 Å². The topological polar surface area (TPSA) is 29.5 Å². The quantitative estimate of drug-likeness (QED) is 0.419. The van der Waals surface area contributed by atoms with E-state index in [4.69, 9.17) is 4.74 Å². The summed E-state index contributed by atoms with van der Waals surface area (Å²) < 4.78 is 4.72. The maximum absolute atomic E-state index is 9.82. The third kappa shape index (κ3) is 0.899. The normalized spacial score (nSPS) is 20.3. The molecule has 0 N–H and O–H groups in total. The average molecular weight is 100 g/mol. The molecular formula is C4H6NO2. The minimum absolute atomic E-state index is 0.638. The highest BCUT2D eigenvalue weighted by molar-refractivity contribution is 5.48. The SMILES string of the molecule is O=CN1[CH]OCC1. The van der Waals surface area contributed by atoms with Crippen LogP contribution in [0.3, 0.4) is 0 Å². The second-order valence-corrected chi connectivity index (χ2v) is 1.32. The Kier molecular flexibility index (Phi) is 1.26. The van der Waals surface area contributed by atoms with Crippen LogP contribution in [0, 0.1) is 6.73 Å². The van der Waals surface area contributed by atoms with E-state index in [0.717, 1.165) is 6.41 Å². The van der Waals surface area contributed by atoms with Gasteiger partial charge in [-0.25, -0.2) is 0 Å². The molecule has 0 aromatic rings. The van der Waals surface area contributed by atoms with Crippen molar-refractivity contribution in [2.45, 2.75) is 0 Å². The minimum Gasteiger partial charge on any atom is -0.352 e. The maximum Gasteiger partial charge on any atom is 0.211 e. The molecule has 1 radical (unpaired) electrons. The van der Waals surface area contributed by atoms with Crippen LogP contribution in [0.2, 0.25) is 0 Å². The van der Waals surface area contributed by atoms with E-state index in [-0.39, 0.29) is 0 Å². The fourth-order valence-corrected chi connectivity index (χ4v) is 0.437. The molecule has 1 fully saturated rings. The van der Waals surface area contributed by atoms with Gasteiger partial charge in [-0.1, -0.05) is 0 Å². The summed E-state index contributed by atoms with van der Waals surface area (Å²) in [4.78, 5) is 11.3. The monoisotopic (exact) mass is 100 g/mol. The lowest BCUT2D eigenvalue weighted by Gasteiger charge is -1.99. The summed E-state index contributed by atoms with van der Waals surface area (Å²) in [6.45, 7) is 2.76. The molecular weight excluding hydrogens is 94.0 g/mol. The van der Waals surface area contributed by atoms with Crippen molar-refractivity contribution in [3.8, 4) is 0 Å². The highest BCUT2D eigenvalue weighted by atomic mass is 16.5. The molecule has 0 atom stereocenters. The van der Waals surface area contributed by atoms with E-state index in [1.807, 2.05) is 0 Å². The fourth-order valence-electron chi connectivity index (χ4n) is 0.437. The Morgan fingerprint density at radius 1 is 1.86 bits per heavy atom. The summed E-state index contributed by atoms with van der Waals surface area (Å²) in [7, 11) is 0. The van der Waals surface area contributed by atoms with Crippen LogP contribution >= 0.6 is 0 Å². The van der Waals surface area contributed by atoms with Gasteiger partial charge in [-0.15, -0.1) is 0 Å². The molecule has 39 valence electrons. The first-order chi connectivity index (χ1) is 3.43. The van der Waals surface area contributed by atoms with Crippen molar-refractivity contribution >= 4 is 6.41 Å². The van der Waals surface area contributed by atoms with Gasteiger partial charge >= 0.3 is 0 Å². The molecule has 0 saturated carbocycles. The summed E-state index contributed by atoms with van der Waals surface area (Å²) in [5.41, 5.74) is 0. The number of ether oxygens (including phenoxy) is 1. The van der Waals surface area contributed by atoms with Crippen LogP contribution < -0.4 is 0 Å². The van der Waals surface area contributed by atoms with E-state index in [1.165, 1.54) is 11.6 Å². The third-order valence-electron chi connectivity index (χ3n) is 0.813. The largest absolute Gasteiger partial charge is 0.352 e. The summed E-state index contributed by atoms with van der Waals surface area (Å²) in [5, 5.41) is 0. The van der Waals surface area contributed by atoms with Gasteiger partial charge in [0, 0.05) is 6.54 Å². The number of hydrogen-bond donors (Lipinski definition) is 0. The highest BCUT2D eigenvalue weighted by Crippen LogP contribution is 1.98. The van der Waals surface area contributed by atoms with Crippen LogP contribution in [0.25, 0.3) is 0 Å². The Labute approximate surface area is 41.9 Å². The number of amides is 1. The predicted octanol–water partition coefficient (Wildman–Crippen LogP) is -0.406. The zero-order valence-electron chi connectivity index (χ0n) is 3.83. The molecule has 1 aliphatic heterocycles. The maximum atomic E-state index is 9.82. The van der Waals surface area contributed by atoms with Crippen LogP contribution in [0.15, 0.2) is 0 Å². The molecule has 7 heavy (non-hydrogen) atoms. The van der Waals surface area contributed by atoms with E-state index in [1.54, 1.807) is 0 Å². The van der Waals surface area contributed by atoms with E-state index in [0.29, 0.717) is 13.2 Å². The lowest BCUT2D eigenvalue weighted by atomic mass is 10.7. The molecule has 0 aliphatic carbocycles. The molecule has 0 bridgehead atoms. The Hall–Kier alpha value is -0.570. The lowest BCUT2D eigenvalue weighted by Crippen LogP contribution is -2.12. The molecule has 1 aliphatic rings. The van der Waals surface area contributed by atoms with Gasteiger partial charge in [0.25, 0.3) is 0 Å². The van der Waals surface area contributed by atoms with Gasteiger partial charge in [0.05, 0.1) is 6.61 Å². The number of rotatable bonds is 1. The Morgan fingerprint density at radius 2 is 2.71 bits per heavy atom. The van der Waals surface area contributed by atoms with Crippen LogP contribution in [0.1, 0.15) is 0 Å². The standard InChI is InChI=1S/C4H6NO2/c6-3-5-1-2-7-4-5/h3-4H,1-2H2. The van der Waals surface area contributed by atoms with Gasteiger partial charge in [-0.3, -0.25) is 4.79 Å². The van der Waals surface area contributed by atoms with Gasteiger partial charge in [0.2, 0.25) is 6.41 Å². The van der Waals surface area contributed by atoms with Gasteiger partial charge < -0.3 is 9.64 Å². The number of nitrogens with zero attached hydrogens (tertiary/aromatic N) is 1. The summed E-state index contributed by atoms with van der Waals surface area (Å²) >= 11 is 0. The molecule has 1 rings (SSSR count). The van der Waals surface area contributed by atoms with Gasteiger partial charge in [-0.2, -0.15) is 0 Å². The van der Waals surface area contributed by atoms with Crippen molar-refractivity contribution in [1.29, 1.82) is 0 Å². The first kappa shape index (κ1) is 4.59. The van der Waals surface area contributed by atoms with Crippen molar-refractivity contribution < 1.29 is 9.53 Å². The zero-order valence-corrected chi connectivity index (χ0v) is 3.83. The molecule has 0 spiro atoms. The minimum atomic E-state index is 0.638. The number of carbonyl (C=O) groups excluding carboxylic acids is 1. The second kappa shape index (κ2) is 1.93. The average Bonchev–Trinajstić information content (AvgIpc) is 2.14. The van der Waals surface area contributed by atoms with E-state index >= 15 is 0 Å². The van der Waals surface area contributed by atoms with Crippen molar-refractivity contribution in [2.75, 3.05) is 13.2 Å². The summed E-state index contributed by atoms with van der Waals surface area (Å²) in [5.74, 6) is 0. The third-order valence-corrected chi connectivity index (χ3v) is 0.813. The van der Waals surface area contributed by atoms with Crippen molar-refractivity contribution in [3.05, 3.63) is 6.73 Å². The molecule has 0 unspecified atom stereocenters. The van der Waals surface area contributed by atoms with E-state index in [9.17, 15) is 4.79 Å². The highest BCUT2D eigenvalue weighted by Gasteiger charge is 2.07. The molecule has 3 nitrogen and oxygen atoms in total. The fraction of sp³-hybridized carbons (Fsp3) is 0.500. The Morgan fingerprint density at radius 3 is 3.00 bits per heavy atom. The first-order valence-corrected chi connectivity index (χ1v) is 2.09. The van der Waals surface area contributed by atoms with E-state index < -0.39 is 0 Å². The van der Waals surface area contributed by atoms with Crippen molar-refractivity contribution in [3.63, 3.8) is 0 Å². The molecule has 1 amide bonds. The lowest BCUT2D eigenvalue weighted by molar-refractivity contribution is -0.116. The Bertz CT molecular complexity index is 68.1. The van der Waals surface area contributed by atoms with Crippen molar-refractivity contribution in [2.24, 2.45) is 0 Å². The van der Waals surface area contributed by atoms with Gasteiger partial charge in [0.1, 0.15) is 0 Å². The zero-order chi connectivity index (χ0) is 5.11. The van der Waals surface area contributed by atoms with Crippen LogP contribution in [0.4, 0.5) is 0 Å². The molecule has 1 saturated heterocycles. The summed E-state index contributed by atoms with van der Waals surface area (Å²) in [6.07, 6.45) is 0.743. The Balaban J connectivity index is 2.26. The van der Waals surface area contributed by atoms with Gasteiger partial charge in [-0.05, 0) is 0 Å². The van der Waals surface area contributed by atoms with Crippen LogP contribution in [0.5, 0.6) is 0 Å². The summed E-state index contributed by atoms with van der Waals surface area (Å²) in [6, 6.07) is 0. The molecule has 1 heterocycles. The molecule has 0 aromatic heterocycles. The molecule has 3 heteroatoms. The number of carbonyl (C=O) groups is 1. The van der Waals surface area contributed by atoms with Crippen LogP contribution in [-0.4, -0.2) is 24.5 Å². The predicted molar refractivity (Wildman–Crippen MR) is 23.0 cm³/mol. The second-order valence-electron chi connectivity index (χ2n) is 1.32. The number of hydrogen-bond acceptors (Lipinski definition) is 2.